The molecule has 1 heterocycles. The van der Waals surface area contributed by atoms with Crippen molar-refractivity contribution in [2.45, 2.75) is 0 Å². The Balaban J connectivity index is 2.19. The number of nitrogens with zero attached hydrogens (tertiary/aromatic N) is 1. The number of phenolic OH excluding ortho intramolecular Hbond substituents is 1. The van der Waals surface area contributed by atoms with Gasteiger partial charge in [0.1, 0.15) is 17.3 Å². The van der Waals surface area contributed by atoms with Crippen LogP contribution in [0.25, 0.3) is 22.4 Å². The molecule has 0 aliphatic heterocycles. The van der Waals surface area contributed by atoms with Crippen LogP contribution in [0.15, 0.2) is 42.5 Å². The molecule has 0 fully saturated rings. The molecule has 90 valence electrons. The number of phenols is 1. The van der Waals surface area contributed by atoms with E-state index in [-0.39, 0.29) is 5.75 Å². The molecule has 0 bridgehead atoms. The van der Waals surface area contributed by atoms with Crippen LogP contribution >= 0.6 is 0 Å². The topological polar surface area (TPSA) is 58.1 Å². The molecular weight excluding hydrogens is 228 g/mol. The van der Waals surface area contributed by atoms with Crippen molar-refractivity contribution in [3.8, 4) is 22.9 Å². The molecule has 1 aromatic heterocycles. The van der Waals surface area contributed by atoms with Crippen molar-refractivity contribution in [1.82, 2.24) is 9.97 Å². The van der Waals surface area contributed by atoms with Gasteiger partial charge in [-0.25, -0.2) is 4.98 Å². The summed E-state index contributed by atoms with van der Waals surface area (Å²) in [7, 11) is 1.59. The highest BCUT2D eigenvalue weighted by molar-refractivity contribution is 5.80. The lowest BCUT2D eigenvalue weighted by molar-refractivity contribution is 0.412. The van der Waals surface area contributed by atoms with Crippen LogP contribution < -0.4 is 4.74 Å². The number of imidazole rings is 1. The van der Waals surface area contributed by atoms with Gasteiger partial charge in [0.2, 0.25) is 0 Å². The predicted molar refractivity (Wildman–Crippen MR) is 69.7 cm³/mol. The van der Waals surface area contributed by atoms with Gasteiger partial charge < -0.3 is 14.8 Å². The summed E-state index contributed by atoms with van der Waals surface area (Å²) in [5, 5.41) is 9.89. The maximum atomic E-state index is 9.89. The zero-order chi connectivity index (χ0) is 12.5. The number of nitrogens with one attached hydrogen (secondary N) is 1. The smallest absolute Gasteiger partial charge is 0.142 e. The number of aromatic hydroxyl groups is 1. The molecule has 18 heavy (non-hydrogen) atoms. The Labute approximate surface area is 104 Å². The second-order valence-electron chi connectivity index (χ2n) is 3.99. The van der Waals surface area contributed by atoms with Gasteiger partial charge in [-0.1, -0.05) is 12.1 Å². The highest BCUT2D eigenvalue weighted by Gasteiger charge is 2.10. The van der Waals surface area contributed by atoms with Crippen molar-refractivity contribution in [1.29, 1.82) is 0 Å². The summed E-state index contributed by atoms with van der Waals surface area (Å²) in [4.78, 5) is 7.63. The Bertz CT molecular complexity index is 671. The Hall–Kier alpha value is -2.49. The number of aromatic amines is 1. The average Bonchev–Trinajstić information content (AvgIpc) is 2.82. The molecule has 4 nitrogen and oxygen atoms in total. The molecule has 2 aromatic carbocycles. The molecule has 0 unspecified atom stereocenters. The summed E-state index contributed by atoms with van der Waals surface area (Å²) in [6.07, 6.45) is 0. The van der Waals surface area contributed by atoms with Crippen LogP contribution in [0.5, 0.6) is 11.5 Å². The van der Waals surface area contributed by atoms with E-state index in [9.17, 15) is 5.11 Å². The van der Waals surface area contributed by atoms with Gasteiger partial charge in [0.25, 0.3) is 0 Å². The summed E-state index contributed by atoms with van der Waals surface area (Å²) in [5.74, 6) is 1.49. The molecule has 0 saturated heterocycles. The first-order chi connectivity index (χ1) is 8.78. The van der Waals surface area contributed by atoms with E-state index in [1.165, 1.54) is 0 Å². The molecular formula is C14H12N2O2. The molecule has 3 rings (SSSR count). The third-order valence-corrected chi connectivity index (χ3v) is 2.85. The lowest BCUT2D eigenvalue weighted by Crippen LogP contribution is -1.86. The van der Waals surface area contributed by atoms with Gasteiger partial charge in [-0.3, -0.25) is 0 Å². The third-order valence-electron chi connectivity index (χ3n) is 2.85. The van der Waals surface area contributed by atoms with E-state index in [0.29, 0.717) is 17.1 Å². The quantitative estimate of drug-likeness (QED) is 0.724. The number of para-hydroxylation sites is 2. The monoisotopic (exact) mass is 240 g/mol. The molecule has 3 aromatic rings. The number of rotatable bonds is 2. The summed E-state index contributed by atoms with van der Waals surface area (Å²) >= 11 is 0. The number of methoxy groups -OCH3 is 1. The maximum Gasteiger partial charge on any atom is 0.142 e. The maximum absolute atomic E-state index is 9.89. The Morgan fingerprint density at radius 3 is 2.78 bits per heavy atom. The largest absolute Gasteiger partial charge is 0.507 e. The molecule has 0 radical (unpaired) electrons. The number of benzene rings is 2. The van der Waals surface area contributed by atoms with Gasteiger partial charge in [0.15, 0.2) is 0 Å². The zero-order valence-corrected chi connectivity index (χ0v) is 9.84. The highest BCUT2D eigenvalue weighted by Crippen LogP contribution is 2.31. The summed E-state index contributed by atoms with van der Waals surface area (Å²) in [5.41, 5.74) is 2.44. The van der Waals surface area contributed by atoms with Crippen LogP contribution in [-0.4, -0.2) is 22.2 Å². The van der Waals surface area contributed by atoms with E-state index in [1.54, 1.807) is 25.3 Å². The van der Waals surface area contributed by atoms with Crippen molar-refractivity contribution >= 4 is 11.0 Å². The van der Waals surface area contributed by atoms with Crippen LogP contribution in [0.1, 0.15) is 0 Å². The summed E-state index contributed by atoms with van der Waals surface area (Å²) in [6.45, 7) is 0. The van der Waals surface area contributed by atoms with E-state index in [2.05, 4.69) is 9.97 Å². The molecule has 0 aliphatic rings. The minimum absolute atomic E-state index is 0.176. The SMILES string of the molecule is COc1ccc(O)c(-c2nc3ccccc3[nH]2)c1. The van der Waals surface area contributed by atoms with Crippen molar-refractivity contribution in [3.05, 3.63) is 42.5 Å². The fourth-order valence-electron chi connectivity index (χ4n) is 1.91. The molecule has 0 aliphatic carbocycles. The molecule has 4 heteroatoms. The highest BCUT2D eigenvalue weighted by atomic mass is 16.5. The normalized spacial score (nSPS) is 10.7. The molecule has 0 saturated carbocycles. The fraction of sp³-hybridized carbons (Fsp3) is 0.0714. The molecule has 2 N–H and O–H groups in total. The van der Waals surface area contributed by atoms with Gasteiger partial charge in [-0.15, -0.1) is 0 Å². The average molecular weight is 240 g/mol. The van der Waals surface area contributed by atoms with Crippen molar-refractivity contribution < 1.29 is 9.84 Å². The van der Waals surface area contributed by atoms with Gasteiger partial charge >= 0.3 is 0 Å². The van der Waals surface area contributed by atoms with E-state index in [4.69, 9.17) is 4.74 Å². The van der Waals surface area contributed by atoms with E-state index in [0.717, 1.165) is 11.0 Å². The minimum Gasteiger partial charge on any atom is -0.507 e. The Kier molecular flexibility index (Phi) is 2.41. The molecule has 0 atom stereocenters. The van der Waals surface area contributed by atoms with Crippen molar-refractivity contribution in [3.63, 3.8) is 0 Å². The number of hydrogen-bond donors (Lipinski definition) is 2. The predicted octanol–water partition coefficient (Wildman–Crippen LogP) is 2.94. The second kappa shape index (κ2) is 4.07. The van der Waals surface area contributed by atoms with E-state index >= 15 is 0 Å². The third kappa shape index (κ3) is 1.68. The van der Waals surface area contributed by atoms with E-state index < -0.39 is 0 Å². The van der Waals surface area contributed by atoms with E-state index in [1.807, 2.05) is 24.3 Å². The van der Waals surface area contributed by atoms with Gasteiger partial charge in [0, 0.05) is 0 Å². The minimum atomic E-state index is 0.176. The van der Waals surface area contributed by atoms with Gasteiger partial charge in [0.05, 0.1) is 23.7 Å². The number of H-pyrrole nitrogens is 1. The van der Waals surface area contributed by atoms with Crippen LogP contribution in [-0.2, 0) is 0 Å². The van der Waals surface area contributed by atoms with Gasteiger partial charge in [-0.2, -0.15) is 0 Å². The van der Waals surface area contributed by atoms with Crippen LogP contribution in [0.3, 0.4) is 0 Å². The Morgan fingerprint density at radius 2 is 2.00 bits per heavy atom. The standard InChI is InChI=1S/C14H12N2O2/c1-18-9-6-7-13(17)10(8-9)14-15-11-4-2-3-5-12(11)16-14/h2-8,17H,1H3,(H,15,16). The fourth-order valence-corrected chi connectivity index (χ4v) is 1.91. The van der Waals surface area contributed by atoms with Crippen LogP contribution in [0.4, 0.5) is 0 Å². The van der Waals surface area contributed by atoms with Crippen molar-refractivity contribution in [2.24, 2.45) is 0 Å². The summed E-state index contributed by atoms with van der Waals surface area (Å²) < 4.78 is 5.15. The number of aromatic nitrogens is 2. The first kappa shape index (κ1) is 10.7. The Morgan fingerprint density at radius 1 is 1.17 bits per heavy atom. The number of hydrogen-bond acceptors (Lipinski definition) is 3. The molecule has 0 amide bonds. The van der Waals surface area contributed by atoms with Gasteiger partial charge in [-0.05, 0) is 30.3 Å². The summed E-state index contributed by atoms with van der Waals surface area (Å²) in [6, 6.07) is 12.8. The first-order valence-electron chi connectivity index (χ1n) is 5.60. The number of ether oxygens (including phenoxy) is 1. The zero-order valence-electron chi connectivity index (χ0n) is 9.84. The lowest BCUT2D eigenvalue weighted by atomic mass is 10.2. The second-order valence-corrected chi connectivity index (χ2v) is 3.99. The molecule has 0 spiro atoms. The van der Waals surface area contributed by atoms with Crippen molar-refractivity contribution in [2.75, 3.05) is 7.11 Å². The number of fused-ring (bicyclic) bond motifs is 1. The van der Waals surface area contributed by atoms with Crippen LogP contribution in [0, 0.1) is 0 Å². The lowest BCUT2D eigenvalue weighted by Gasteiger charge is -2.04. The first-order valence-corrected chi connectivity index (χ1v) is 5.60. The van der Waals surface area contributed by atoms with Crippen LogP contribution in [0.2, 0.25) is 0 Å².